The van der Waals surface area contributed by atoms with Crippen LogP contribution in [0.2, 0.25) is 0 Å². The van der Waals surface area contributed by atoms with Gasteiger partial charge in [0.05, 0.1) is 13.7 Å². The number of amides is 1. The molecule has 0 atom stereocenters. The number of hydrogen-bond donors (Lipinski definition) is 2. The van der Waals surface area contributed by atoms with Crippen molar-refractivity contribution in [1.29, 1.82) is 0 Å². The summed E-state index contributed by atoms with van der Waals surface area (Å²) < 4.78 is 10.5. The fourth-order valence-electron chi connectivity index (χ4n) is 1.56. The Morgan fingerprint density at radius 1 is 1.19 bits per heavy atom. The molecule has 6 heteroatoms. The molecular formula is C15H21NO5. The lowest BCUT2D eigenvalue weighted by atomic mass is 10.1. The zero-order valence-corrected chi connectivity index (χ0v) is 12.5. The zero-order chi connectivity index (χ0) is 15.9. The lowest BCUT2D eigenvalue weighted by Gasteiger charge is -2.20. The quantitative estimate of drug-likeness (QED) is 0.715. The molecule has 6 nitrogen and oxygen atoms in total. The van der Waals surface area contributed by atoms with Crippen LogP contribution in [0.3, 0.4) is 0 Å². The zero-order valence-electron chi connectivity index (χ0n) is 12.5. The van der Waals surface area contributed by atoms with Crippen molar-refractivity contribution in [2.45, 2.75) is 32.2 Å². The number of carboxylic acids is 1. The summed E-state index contributed by atoms with van der Waals surface area (Å²) in [5.74, 6) is 0.0748. The molecule has 1 rings (SSSR count). The first-order valence-corrected chi connectivity index (χ1v) is 6.66. The smallest absolute Gasteiger partial charge is 0.328 e. The molecule has 0 aliphatic heterocycles. The highest BCUT2D eigenvalue weighted by Crippen LogP contribution is 2.17. The molecule has 21 heavy (non-hydrogen) atoms. The summed E-state index contributed by atoms with van der Waals surface area (Å²) in [6.07, 6.45) is 0.723. The average Bonchev–Trinajstić information content (AvgIpc) is 2.43. The number of carbonyl (C=O) groups is 2. The van der Waals surface area contributed by atoms with E-state index in [4.69, 9.17) is 14.6 Å². The van der Waals surface area contributed by atoms with E-state index in [1.807, 2.05) is 0 Å². The van der Waals surface area contributed by atoms with Gasteiger partial charge < -0.3 is 19.9 Å². The summed E-state index contributed by atoms with van der Waals surface area (Å²) in [4.78, 5) is 22.5. The Labute approximate surface area is 124 Å². The fraction of sp³-hybridized carbons (Fsp3) is 0.467. The minimum absolute atomic E-state index is 0.215. The van der Waals surface area contributed by atoms with Crippen molar-refractivity contribution in [3.8, 4) is 11.5 Å². The number of benzene rings is 1. The van der Waals surface area contributed by atoms with E-state index in [0.29, 0.717) is 18.8 Å². The van der Waals surface area contributed by atoms with Gasteiger partial charge in [0.15, 0.2) is 0 Å². The van der Waals surface area contributed by atoms with Crippen LogP contribution < -0.4 is 14.8 Å². The van der Waals surface area contributed by atoms with Gasteiger partial charge >= 0.3 is 5.97 Å². The first kappa shape index (κ1) is 16.8. The lowest BCUT2D eigenvalue weighted by molar-refractivity contribution is -0.146. The van der Waals surface area contributed by atoms with E-state index in [1.54, 1.807) is 31.4 Å². The third kappa shape index (κ3) is 5.72. The SMILES string of the molecule is COc1ccc(OCCCC(=O)NC(C)(C)C(=O)O)cc1. The van der Waals surface area contributed by atoms with Crippen molar-refractivity contribution >= 4 is 11.9 Å². The van der Waals surface area contributed by atoms with Crippen molar-refractivity contribution in [3.63, 3.8) is 0 Å². The molecule has 0 radical (unpaired) electrons. The molecule has 0 saturated carbocycles. The van der Waals surface area contributed by atoms with Crippen LogP contribution >= 0.6 is 0 Å². The number of ether oxygens (including phenoxy) is 2. The molecule has 116 valence electrons. The molecule has 0 aromatic heterocycles. The van der Waals surface area contributed by atoms with E-state index in [0.717, 1.165) is 5.75 Å². The number of aliphatic carboxylic acids is 1. The highest BCUT2D eigenvalue weighted by molar-refractivity contribution is 5.86. The third-order valence-corrected chi connectivity index (χ3v) is 2.86. The van der Waals surface area contributed by atoms with Gasteiger partial charge in [-0.3, -0.25) is 4.79 Å². The van der Waals surface area contributed by atoms with Gasteiger partial charge in [0.1, 0.15) is 17.0 Å². The molecule has 0 unspecified atom stereocenters. The number of carbonyl (C=O) groups excluding carboxylic acids is 1. The first-order chi connectivity index (χ1) is 9.85. The number of methoxy groups -OCH3 is 1. The number of rotatable bonds is 8. The van der Waals surface area contributed by atoms with Crippen molar-refractivity contribution in [1.82, 2.24) is 5.32 Å². The standard InChI is InChI=1S/C15H21NO5/c1-15(2,14(18)19)16-13(17)5-4-10-21-12-8-6-11(20-3)7-9-12/h6-9H,4-5,10H2,1-3H3,(H,16,17)(H,18,19). The Morgan fingerprint density at radius 3 is 2.29 bits per heavy atom. The van der Waals surface area contributed by atoms with Crippen LogP contribution in [0, 0.1) is 0 Å². The van der Waals surface area contributed by atoms with Crippen LogP contribution in [-0.4, -0.2) is 36.2 Å². The predicted molar refractivity (Wildman–Crippen MR) is 77.6 cm³/mol. The van der Waals surface area contributed by atoms with E-state index < -0.39 is 11.5 Å². The lowest BCUT2D eigenvalue weighted by Crippen LogP contribution is -2.49. The van der Waals surface area contributed by atoms with Crippen LogP contribution in [0.15, 0.2) is 24.3 Å². The molecule has 0 saturated heterocycles. The number of nitrogens with one attached hydrogen (secondary N) is 1. The van der Waals surface area contributed by atoms with E-state index in [9.17, 15) is 9.59 Å². The molecule has 2 N–H and O–H groups in total. The summed E-state index contributed by atoms with van der Waals surface area (Å²) in [6.45, 7) is 3.27. The summed E-state index contributed by atoms with van der Waals surface area (Å²) in [5.41, 5.74) is -1.26. The average molecular weight is 295 g/mol. The molecule has 1 aromatic rings. The molecule has 0 spiro atoms. The number of carboxylic acid groups (broad SMARTS) is 1. The van der Waals surface area contributed by atoms with Gasteiger partial charge in [-0.05, 0) is 44.5 Å². The summed E-state index contributed by atoms with van der Waals surface area (Å²) in [7, 11) is 1.59. The van der Waals surface area contributed by atoms with E-state index in [2.05, 4.69) is 5.32 Å². The third-order valence-electron chi connectivity index (χ3n) is 2.86. The Balaban J connectivity index is 2.27. The van der Waals surface area contributed by atoms with Gasteiger partial charge in [0.2, 0.25) is 5.91 Å². The minimum Gasteiger partial charge on any atom is -0.497 e. The number of hydrogen-bond acceptors (Lipinski definition) is 4. The fourth-order valence-corrected chi connectivity index (χ4v) is 1.56. The molecule has 1 amide bonds. The summed E-state index contributed by atoms with van der Waals surface area (Å²) >= 11 is 0. The maximum Gasteiger partial charge on any atom is 0.328 e. The van der Waals surface area contributed by atoms with Crippen LogP contribution in [-0.2, 0) is 9.59 Å². The highest BCUT2D eigenvalue weighted by atomic mass is 16.5. The van der Waals surface area contributed by atoms with Crippen LogP contribution in [0.25, 0.3) is 0 Å². The van der Waals surface area contributed by atoms with Gasteiger partial charge in [0, 0.05) is 6.42 Å². The molecule has 1 aromatic carbocycles. The monoisotopic (exact) mass is 295 g/mol. The van der Waals surface area contributed by atoms with Gasteiger partial charge in [0.25, 0.3) is 0 Å². The molecule has 0 aliphatic carbocycles. The molecule has 0 aliphatic rings. The molecule has 0 fully saturated rings. The Kier molecular flexibility index (Phi) is 6.02. The van der Waals surface area contributed by atoms with Gasteiger partial charge in [-0.25, -0.2) is 4.79 Å². The van der Waals surface area contributed by atoms with Gasteiger partial charge in [-0.2, -0.15) is 0 Å². The van der Waals surface area contributed by atoms with E-state index in [-0.39, 0.29) is 12.3 Å². The van der Waals surface area contributed by atoms with E-state index in [1.165, 1.54) is 13.8 Å². The second kappa shape index (κ2) is 7.52. The molecule has 0 heterocycles. The largest absolute Gasteiger partial charge is 0.497 e. The van der Waals surface area contributed by atoms with Crippen molar-refractivity contribution in [3.05, 3.63) is 24.3 Å². The predicted octanol–water partition coefficient (Wildman–Crippen LogP) is 1.83. The van der Waals surface area contributed by atoms with Gasteiger partial charge in [-0.1, -0.05) is 0 Å². The molecule has 0 bridgehead atoms. The topological polar surface area (TPSA) is 84.9 Å². The van der Waals surface area contributed by atoms with E-state index >= 15 is 0 Å². The Hall–Kier alpha value is -2.24. The second-order valence-corrected chi connectivity index (χ2v) is 5.11. The second-order valence-electron chi connectivity index (χ2n) is 5.11. The summed E-state index contributed by atoms with van der Waals surface area (Å²) in [6, 6.07) is 7.15. The minimum atomic E-state index is -1.26. The normalized spacial score (nSPS) is 10.8. The van der Waals surface area contributed by atoms with Crippen molar-refractivity contribution in [2.75, 3.05) is 13.7 Å². The Bertz CT molecular complexity index is 481. The highest BCUT2D eigenvalue weighted by Gasteiger charge is 2.28. The maximum atomic E-state index is 11.6. The Morgan fingerprint density at radius 2 is 1.76 bits per heavy atom. The first-order valence-electron chi connectivity index (χ1n) is 6.66. The van der Waals surface area contributed by atoms with Crippen LogP contribution in [0.4, 0.5) is 0 Å². The summed E-state index contributed by atoms with van der Waals surface area (Å²) in [5, 5.41) is 11.4. The molecular weight excluding hydrogens is 274 g/mol. The maximum absolute atomic E-state index is 11.6. The van der Waals surface area contributed by atoms with Crippen molar-refractivity contribution in [2.24, 2.45) is 0 Å². The van der Waals surface area contributed by atoms with Crippen LogP contribution in [0.1, 0.15) is 26.7 Å². The van der Waals surface area contributed by atoms with Crippen molar-refractivity contribution < 1.29 is 24.2 Å². The van der Waals surface area contributed by atoms with Gasteiger partial charge in [-0.15, -0.1) is 0 Å². The van der Waals surface area contributed by atoms with Crippen LogP contribution in [0.5, 0.6) is 11.5 Å².